The summed E-state index contributed by atoms with van der Waals surface area (Å²) in [4.78, 5) is 25.5. The van der Waals surface area contributed by atoms with Crippen LogP contribution in [0.4, 0.5) is 10.5 Å². The summed E-state index contributed by atoms with van der Waals surface area (Å²) in [5, 5.41) is 3.51. The van der Waals surface area contributed by atoms with Gasteiger partial charge in [0.1, 0.15) is 0 Å². The average molecular weight is 311 g/mol. The molecule has 1 atom stereocenters. The molecule has 1 heterocycles. The van der Waals surface area contributed by atoms with Gasteiger partial charge in [0.05, 0.1) is 13.0 Å². The molecule has 114 valence electrons. The summed E-state index contributed by atoms with van der Waals surface area (Å²) in [7, 11) is 1.35. The number of carbonyl (C=O) groups excluding carboxylic acids is 2. The van der Waals surface area contributed by atoms with Crippen LogP contribution in [-0.4, -0.2) is 37.1 Å². The van der Waals surface area contributed by atoms with Crippen LogP contribution in [0.1, 0.15) is 18.4 Å². The molecule has 0 bridgehead atoms. The Bertz CT molecular complexity index is 548. The van der Waals surface area contributed by atoms with Crippen LogP contribution in [-0.2, 0) is 9.53 Å². The van der Waals surface area contributed by atoms with Crippen LogP contribution in [0, 0.1) is 12.8 Å². The molecule has 1 aliphatic heterocycles. The van der Waals surface area contributed by atoms with Gasteiger partial charge in [0.25, 0.3) is 0 Å². The Morgan fingerprint density at radius 2 is 2.19 bits per heavy atom. The molecule has 6 heteroatoms. The number of anilines is 1. The maximum absolute atomic E-state index is 12.4. The predicted molar refractivity (Wildman–Crippen MR) is 81.5 cm³/mol. The van der Waals surface area contributed by atoms with E-state index >= 15 is 0 Å². The summed E-state index contributed by atoms with van der Waals surface area (Å²) in [6.07, 6.45) is 1.17. The number of carbonyl (C=O) groups is 2. The molecule has 1 saturated heterocycles. The van der Waals surface area contributed by atoms with Crippen molar-refractivity contribution in [1.29, 1.82) is 0 Å². The standard InChI is InChI=1S/C15H19ClN2O3/c1-10-12(16)6-3-7-13(10)17-14(19)11-5-4-8-18(9-11)15(20)21-2/h3,6-7,11H,4-5,8-9H2,1-2H3,(H,17,19). The second-order valence-electron chi connectivity index (χ2n) is 5.16. The molecule has 5 nitrogen and oxygen atoms in total. The highest BCUT2D eigenvalue weighted by atomic mass is 35.5. The lowest BCUT2D eigenvalue weighted by Crippen LogP contribution is -2.43. The first kappa shape index (κ1) is 15.6. The van der Waals surface area contributed by atoms with Crippen LogP contribution < -0.4 is 5.32 Å². The molecule has 2 rings (SSSR count). The van der Waals surface area contributed by atoms with Crippen LogP contribution >= 0.6 is 11.6 Å². The van der Waals surface area contributed by atoms with Crippen LogP contribution in [0.15, 0.2) is 18.2 Å². The maximum Gasteiger partial charge on any atom is 0.409 e. The summed E-state index contributed by atoms with van der Waals surface area (Å²) in [5.41, 5.74) is 1.55. The van der Waals surface area contributed by atoms with Crippen LogP contribution in [0.2, 0.25) is 5.02 Å². The molecule has 1 N–H and O–H groups in total. The summed E-state index contributed by atoms with van der Waals surface area (Å²) >= 11 is 6.05. The molecule has 1 aromatic rings. The molecule has 21 heavy (non-hydrogen) atoms. The van der Waals surface area contributed by atoms with Gasteiger partial charge in [0.2, 0.25) is 5.91 Å². The Kier molecular flexibility index (Phi) is 5.07. The number of nitrogens with zero attached hydrogens (tertiary/aromatic N) is 1. The SMILES string of the molecule is COC(=O)N1CCCC(C(=O)Nc2cccc(Cl)c2C)C1. The fraction of sp³-hybridized carbons (Fsp3) is 0.467. The summed E-state index contributed by atoms with van der Waals surface area (Å²) in [6, 6.07) is 5.40. The van der Waals surface area contributed by atoms with Crippen molar-refractivity contribution in [3.05, 3.63) is 28.8 Å². The topological polar surface area (TPSA) is 58.6 Å². The first-order chi connectivity index (χ1) is 10.0. The van der Waals surface area contributed by atoms with Crippen molar-refractivity contribution in [2.24, 2.45) is 5.92 Å². The molecular formula is C15H19ClN2O3. The monoisotopic (exact) mass is 310 g/mol. The van der Waals surface area contributed by atoms with Gasteiger partial charge in [-0.25, -0.2) is 4.79 Å². The highest BCUT2D eigenvalue weighted by Crippen LogP contribution is 2.25. The van der Waals surface area contributed by atoms with E-state index in [0.717, 1.165) is 18.4 Å². The second-order valence-corrected chi connectivity index (χ2v) is 5.56. The third-order valence-electron chi connectivity index (χ3n) is 3.75. The Morgan fingerprint density at radius 1 is 1.43 bits per heavy atom. The number of amides is 2. The number of hydrogen-bond donors (Lipinski definition) is 1. The maximum atomic E-state index is 12.4. The molecular weight excluding hydrogens is 292 g/mol. The number of halogens is 1. The van der Waals surface area contributed by atoms with Crippen molar-refractivity contribution in [1.82, 2.24) is 4.90 Å². The first-order valence-corrected chi connectivity index (χ1v) is 7.29. The van der Waals surface area contributed by atoms with Crippen molar-refractivity contribution in [3.8, 4) is 0 Å². The minimum Gasteiger partial charge on any atom is -0.453 e. The van der Waals surface area contributed by atoms with Gasteiger partial charge in [-0.05, 0) is 37.5 Å². The number of likely N-dealkylation sites (tertiary alicyclic amines) is 1. The lowest BCUT2D eigenvalue weighted by atomic mass is 9.97. The Hall–Kier alpha value is -1.75. The van der Waals surface area contributed by atoms with Crippen molar-refractivity contribution in [3.63, 3.8) is 0 Å². The van der Waals surface area contributed by atoms with Crippen LogP contribution in [0.25, 0.3) is 0 Å². The molecule has 0 saturated carbocycles. The van der Waals surface area contributed by atoms with Gasteiger partial charge < -0.3 is 15.0 Å². The lowest BCUT2D eigenvalue weighted by molar-refractivity contribution is -0.121. The number of rotatable bonds is 2. The smallest absolute Gasteiger partial charge is 0.409 e. The summed E-state index contributed by atoms with van der Waals surface area (Å²) in [5.74, 6) is -0.315. The Labute approximate surface area is 129 Å². The largest absolute Gasteiger partial charge is 0.453 e. The van der Waals surface area contributed by atoms with E-state index in [1.165, 1.54) is 7.11 Å². The molecule has 1 aliphatic rings. The third kappa shape index (κ3) is 3.67. The van der Waals surface area contributed by atoms with Crippen molar-refractivity contribution >= 4 is 29.3 Å². The molecule has 0 radical (unpaired) electrons. The van der Waals surface area contributed by atoms with Crippen LogP contribution in [0.5, 0.6) is 0 Å². The van der Waals surface area contributed by atoms with Gasteiger partial charge in [0.15, 0.2) is 0 Å². The number of piperidine rings is 1. The number of nitrogens with one attached hydrogen (secondary N) is 1. The molecule has 1 fully saturated rings. The average Bonchev–Trinajstić information content (AvgIpc) is 2.51. The molecule has 1 unspecified atom stereocenters. The van der Waals surface area contributed by atoms with Gasteiger partial charge in [0, 0.05) is 23.8 Å². The molecule has 2 amide bonds. The highest BCUT2D eigenvalue weighted by molar-refractivity contribution is 6.31. The van der Waals surface area contributed by atoms with Crippen molar-refractivity contribution in [2.75, 3.05) is 25.5 Å². The van der Waals surface area contributed by atoms with E-state index in [9.17, 15) is 9.59 Å². The summed E-state index contributed by atoms with van der Waals surface area (Å²) < 4.78 is 4.71. The lowest BCUT2D eigenvalue weighted by Gasteiger charge is -2.31. The molecule has 0 aliphatic carbocycles. The van der Waals surface area contributed by atoms with E-state index in [0.29, 0.717) is 23.8 Å². The quantitative estimate of drug-likeness (QED) is 0.913. The van der Waals surface area contributed by atoms with E-state index in [4.69, 9.17) is 16.3 Å². The van der Waals surface area contributed by atoms with E-state index in [1.54, 1.807) is 17.0 Å². The number of benzene rings is 1. The van der Waals surface area contributed by atoms with Crippen molar-refractivity contribution < 1.29 is 14.3 Å². The van der Waals surface area contributed by atoms with E-state index in [-0.39, 0.29) is 17.9 Å². The highest BCUT2D eigenvalue weighted by Gasteiger charge is 2.29. The van der Waals surface area contributed by atoms with Crippen molar-refractivity contribution in [2.45, 2.75) is 19.8 Å². The fourth-order valence-electron chi connectivity index (χ4n) is 2.46. The van der Waals surface area contributed by atoms with E-state index in [2.05, 4.69) is 5.32 Å². The number of methoxy groups -OCH3 is 1. The molecule has 1 aromatic carbocycles. The number of hydrogen-bond acceptors (Lipinski definition) is 3. The van der Waals surface area contributed by atoms with E-state index < -0.39 is 0 Å². The fourth-order valence-corrected chi connectivity index (χ4v) is 2.64. The van der Waals surface area contributed by atoms with Gasteiger partial charge in [-0.2, -0.15) is 0 Å². The minimum absolute atomic E-state index is 0.0889. The predicted octanol–water partition coefficient (Wildman–Crippen LogP) is 3.07. The van der Waals surface area contributed by atoms with Gasteiger partial charge >= 0.3 is 6.09 Å². The van der Waals surface area contributed by atoms with Gasteiger partial charge in [-0.15, -0.1) is 0 Å². The summed E-state index contributed by atoms with van der Waals surface area (Å²) in [6.45, 7) is 2.88. The number of ether oxygens (including phenoxy) is 1. The molecule has 0 aromatic heterocycles. The minimum atomic E-state index is -0.383. The van der Waals surface area contributed by atoms with Gasteiger partial charge in [-0.3, -0.25) is 4.79 Å². The van der Waals surface area contributed by atoms with E-state index in [1.807, 2.05) is 13.0 Å². The first-order valence-electron chi connectivity index (χ1n) is 6.91. The van der Waals surface area contributed by atoms with Crippen LogP contribution in [0.3, 0.4) is 0 Å². The zero-order valence-corrected chi connectivity index (χ0v) is 12.9. The zero-order valence-electron chi connectivity index (χ0n) is 12.2. The third-order valence-corrected chi connectivity index (χ3v) is 4.16. The van der Waals surface area contributed by atoms with Gasteiger partial charge in [-0.1, -0.05) is 17.7 Å². The zero-order chi connectivity index (χ0) is 15.4. The normalized spacial score (nSPS) is 18.2. The molecule has 0 spiro atoms. The second kappa shape index (κ2) is 6.80. The Balaban J connectivity index is 2.03. The Morgan fingerprint density at radius 3 is 2.90 bits per heavy atom.